The summed E-state index contributed by atoms with van der Waals surface area (Å²) in [5, 5.41) is 3.93. The highest BCUT2D eigenvalue weighted by Crippen LogP contribution is 2.22. The van der Waals surface area contributed by atoms with Gasteiger partial charge in [0, 0.05) is 44.8 Å². The summed E-state index contributed by atoms with van der Waals surface area (Å²) in [5.41, 5.74) is 0.933. The van der Waals surface area contributed by atoms with Gasteiger partial charge in [-0.25, -0.2) is 4.79 Å². The number of rotatable bonds is 4. The second kappa shape index (κ2) is 6.05. The van der Waals surface area contributed by atoms with Gasteiger partial charge in [-0.3, -0.25) is 4.90 Å². The minimum Gasteiger partial charge on any atom is -0.360 e. The average Bonchev–Trinajstić information content (AvgIpc) is 3.06. The van der Waals surface area contributed by atoms with Gasteiger partial charge in [-0.15, -0.1) is 0 Å². The zero-order valence-electron chi connectivity index (χ0n) is 12.9. The molecule has 0 N–H and O–H groups in total. The van der Waals surface area contributed by atoms with Crippen LogP contribution in [0.15, 0.2) is 10.6 Å². The Labute approximate surface area is 125 Å². The van der Waals surface area contributed by atoms with Crippen LogP contribution < -0.4 is 0 Å². The Balaban J connectivity index is 1.50. The zero-order chi connectivity index (χ0) is 14.8. The molecule has 21 heavy (non-hydrogen) atoms. The standard InChI is InChI=1S/C15H24N4O2/c1-3-18-8-9-19(15(18)20)13-4-6-17(7-5-13)11-14-10-12(2)16-21-14/h10,13H,3-9,11H2,1-2H3. The molecule has 0 spiro atoms. The molecule has 0 atom stereocenters. The van der Waals surface area contributed by atoms with Gasteiger partial charge in [0.05, 0.1) is 12.2 Å². The lowest BCUT2D eigenvalue weighted by Crippen LogP contribution is -2.46. The van der Waals surface area contributed by atoms with Crippen LogP contribution in [0.3, 0.4) is 0 Å². The number of amides is 2. The van der Waals surface area contributed by atoms with E-state index in [1.807, 2.05) is 24.8 Å². The van der Waals surface area contributed by atoms with Crippen LogP contribution in [0, 0.1) is 6.92 Å². The van der Waals surface area contributed by atoms with E-state index in [1.165, 1.54) is 0 Å². The maximum absolute atomic E-state index is 12.2. The zero-order valence-corrected chi connectivity index (χ0v) is 12.9. The summed E-state index contributed by atoms with van der Waals surface area (Å²) < 4.78 is 5.28. The molecule has 2 aliphatic heterocycles. The molecule has 2 aliphatic rings. The highest BCUT2D eigenvalue weighted by Gasteiger charge is 2.34. The Morgan fingerprint density at radius 3 is 2.62 bits per heavy atom. The highest BCUT2D eigenvalue weighted by atomic mass is 16.5. The van der Waals surface area contributed by atoms with Crippen LogP contribution in [-0.4, -0.2) is 64.7 Å². The molecule has 3 rings (SSSR count). The lowest BCUT2D eigenvalue weighted by Gasteiger charge is -2.36. The van der Waals surface area contributed by atoms with Crippen molar-refractivity contribution in [1.29, 1.82) is 0 Å². The molecule has 3 heterocycles. The van der Waals surface area contributed by atoms with Crippen LogP contribution in [0.2, 0.25) is 0 Å². The van der Waals surface area contributed by atoms with Gasteiger partial charge < -0.3 is 14.3 Å². The van der Waals surface area contributed by atoms with E-state index in [1.54, 1.807) is 0 Å². The van der Waals surface area contributed by atoms with Gasteiger partial charge in [0.2, 0.25) is 0 Å². The molecule has 2 amide bonds. The smallest absolute Gasteiger partial charge is 0.320 e. The topological polar surface area (TPSA) is 52.8 Å². The highest BCUT2D eigenvalue weighted by molar-refractivity contribution is 5.76. The molecule has 116 valence electrons. The summed E-state index contributed by atoms with van der Waals surface area (Å²) in [6.45, 7) is 9.43. The molecular formula is C15H24N4O2. The lowest BCUT2D eigenvalue weighted by atomic mass is 10.0. The van der Waals surface area contributed by atoms with Crippen molar-refractivity contribution in [2.75, 3.05) is 32.7 Å². The molecule has 0 radical (unpaired) electrons. The molecule has 0 bridgehead atoms. The number of piperidine rings is 1. The summed E-state index contributed by atoms with van der Waals surface area (Å²) in [6, 6.07) is 2.62. The van der Waals surface area contributed by atoms with Crippen molar-refractivity contribution < 1.29 is 9.32 Å². The van der Waals surface area contributed by atoms with Crippen molar-refractivity contribution in [2.45, 2.75) is 39.3 Å². The fraction of sp³-hybridized carbons (Fsp3) is 0.733. The predicted molar refractivity (Wildman–Crippen MR) is 78.9 cm³/mol. The number of carbonyl (C=O) groups is 1. The largest absolute Gasteiger partial charge is 0.360 e. The Bertz CT molecular complexity index is 494. The molecule has 2 saturated heterocycles. The summed E-state index contributed by atoms with van der Waals surface area (Å²) in [4.78, 5) is 18.6. The maximum atomic E-state index is 12.2. The minimum absolute atomic E-state index is 0.224. The van der Waals surface area contributed by atoms with Crippen LogP contribution >= 0.6 is 0 Å². The summed E-state index contributed by atoms with van der Waals surface area (Å²) in [7, 11) is 0. The third-order valence-electron chi connectivity index (χ3n) is 4.56. The number of likely N-dealkylation sites (N-methyl/N-ethyl adjacent to an activating group) is 1. The van der Waals surface area contributed by atoms with Gasteiger partial charge in [-0.2, -0.15) is 0 Å². The first kappa shape index (κ1) is 14.4. The van der Waals surface area contributed by atoms with Crippen molar-refractivity contribution >= 4 is 6.03 Å². The molecule has 0 saturated carbocycles. The predicted octanol–water partition coefficient (Wildman–Crippen LogP) is 1.70. The van der Waals surface area contributed by atoms with E-state index in [0.29, 0.717) is 6.04 Å². The van der Waals surface area contributed by atoms with E-state index in [0.717, 1.165) is 63.6 Å². The van der Waals surface area contributed by atoms with E-state index in [9.17, 15) is 4.79 Å². The Hall–Kier alpha value is -1.56. The summed E-state index contributed by atoms with van der Waals surface area (Å²) in [5.74, 6) is 0.931. The molecule has 6 heteroatoms. The van der Waals surface area contributed by atoms with Gasteiger partial charge in [0.15, 0.2) is 5.76 Å². The second-order valence-corrected chi connectivity index (χ2v) is 6.00. The number of carbonyl (C=O) groups excluding carboxylic acids is 1. The Kier molecular flexibility index (Phi) is 4.14. The van der Waals surface area contributed by atoms with E-state index >= 15 is 0 Å². The fourth-order valence-corrected chi connectivity index (χ4v) is 3.33. The molecule has 0 unspecified atom stereocenters. The van der Waals surface area contributed by atoms with E-state index in [4.69, 9.17) is 4.52 Å². The fourth-order valence-electron chi connectivity index (χ4n) is 3.33. The third kappa shape index (κ3) is 3.05. The molecule has 1 aromatic heterocycles. The van der Waals surface area contributed by atoms with E-state index < -0.39 is 0 Å². The molecule has 2 fully saturated rings. The van der Waals surface area contributed by atoms with Crippen molar-refractivity contribution in [2.24, 2.45) is 0 Å². The van der Waals surface area contributed by atoms with Gasteiger partial charge in [-0.05, 0) is 26.7 Å². The van der Waals surface area contributed by atoms with Crippen molar-refractivity contribution in [3.63, 3.8) is 0 Å². The maximum Gasteiger partial charge on any atom is 0.320 e. The normalized spacial score (nSPS) is 21.5. The SMILES string of the molecule is CCN1CCN(C2CCN(Cc3cc(C)no3)CC2)C1=O. The number of nitrogens with zero attached hydrogens (tertiary/aromatic N) is 4. The van der Waals surface area contributed by atoms with E-state index in [-0.39, 0.29) is 6.03 Å². The van der Waals surface area contributed by atoms with Crippen LogP contribution in [0.25, 0.3) is 0 Å². The van der Waals surface area contributed by atoms with Crippen LogP contribution in [0.4, 0.5) is 4.79 Å². The molecule has 1 aromatic rings. The first-order valence-electron chi connectivity index (χ1n) is 7.87. The van der Waals surface area contributed by atoms with Gasteiger partial charge >= 0.3 is 6.03 Å². The Morgan fingerprint density at radius 1 is 1.29 bits per heavy atom. The molecular weight excluding hydrogens is 268 g/mol. The summed E-state index contributed by atoms with van der Waals surface area (Å²) in [6.07, 6.45) is 2.10. The number of hydrogen-bond donors (Lipinski definition) is 0. The molecule has 6 nitrogen and oxygen atoms in total. The number of aromatic nitrogens is 1. The number of likely N-dealkylation sites (tertiary alicyclic amines) is 1. The number of urea groups is 1. The molecule has 0 aliphatic carbocycles. The first-order chi connectivity index (χ1) is 10.2. The second-order valence-electron chi connectivity index (χ2n) is 6.00. The van der Waals surface area contributed by atoms with Gasteiger partial charge in [0.1, 0.15) is 0 Å². The minimum atomic E-state index is 0.224. The lowest BCUT2D eigenvalue weighted by molar-refractivity contribution is 0.120. The van der Waals surface area contributed by atoms with Crippen LogP contribution in [0.5, 0.6) is 0 Å². The summed E-state index contributed by atoms with van der Waals surface area (Å²) >= 11 is 0. The van der Waals surface area contributed by atoms with Crippen molar-refractivity contribution in [1.82, 2.24) is 19.9 Å². The first-order valence-corrected chi connectivity index (χ1v) is 7.87. The third-order valence-corrected chi connectivity index (χ3v) is 4.56. The number of hydrogen-bond acceptors (Lipinski definition) is 4. The molecule has 0 aromatic carbocycles. The van der Waals surface area contributed by atoms with Crippen molar-refractivity contribution in [3.8, 4) is 0 Å². The van der Waals surface area contributed by atoms with Crippen LogP contribution in [0.1, 0.15) is 31.2 Å². The van der Waals surface area contributed by atoms with Crippen LogP contribution in [-0.2, 0) is 6.54 Å². The van der Waals surface area contributed by atoms with Crippen molar-refractivity contribution in [3.05, 3.63) is 17.5 Å². The quantitative estimate of drug-likeness (QED) is 0.847. The Morgan fingerprint density at radius 2 is 2.05 bits per heavy atom. The monoisotopic (exact) mass is 292 g/mol. The average molecular weight is 292 g/mol. The van der Waals surface area contributed by atoms with Gasteiger partial charge in [-0.1, -0.05) is 5.16 Å². The van der Waals surface area contributed by atoms with Gasteiger partial charge in [0.25, 0.3) is 0 Å². The van der Waals surface area contributed by atoms with E-state index in [2.05, 4.69) is 15.0 Å². The number of aryl methyl sites for hydroxylation is 1.